The molecule has 3 aromatic rings. The third kappa shape index (κ3) is 5.16. The first kappa shape index (κ1) is 21.3. The van der Waals surface area contributed by atoms with E-state index >= 15 is 0 Å². The summed E-state index contributed by atoms with van der Waals surface area (Å²) < 4.78 is 51.5. The largest absolute Gasteiger partial charge is 0.405 e. The van der Waals surface area contributed by atoms with Crippen LogP contribution in [-0.4, -0.2) is 44.6 Å². The van der Waals surface area contributed by atoms with E-state index in [1.165, 1.54) is 6.20 Å². The molecule has 7 nitrogen and oxygen atoms in total. The second kappa shape index (κ2) is 8.56. The van der Waals surface area contributed by atoms with Crippen molar-refractivity contribution in [1.82, 2.24) is 25.3 Å². The second-order valence-corrected chi connectivity index (χ2v) is 6.85. The molecule has 0 saturated carbocycles. The predicted molar refractivity (Wildman–Crippen MR) is 106 cm³/mol. The molecule has 0 saturated heterocycles. The fourth-order valence-electron chi connectivity index (χ4n) is 2.69. The highest BCUT2D eigenvalue weighted by Crippen LogP contribution is 2.23. The van der Waals surface area contributed by atoms with Crippen LogP contribution in [0.1, 0.15) is 16.7 Å². The number of anilines is 1. The monoisotopic (exact) mass is 426 g/mol. The number of amides is 1. The van der Waals surface area contributed by atoms with E-state index in [9.17, 15) is 22.4 Å². The van der Waals surface area contributed by atoms with Crippen molar-refractivity contribution in [3.63, 3.8) is 0 Å². The predicted octanol–water partition coefficient (Wildman–Crippen LogP) is 3.83. The summed E-state index contributed by atoms with van der Waals surface area (Å²) in [5, 5.41) is 4.40. The number of hydrogen-bond donors (Lipinski definition) is 2. The van der Waals surface area contributed by atoms with Crippen molar-refractivity contribution >= 4 is 22.8 Å². The molecule has 2 aromatic heterocycles. The molecule has 30 heavy (non-hydrogen) atoms. The quantitative estimate of drug-likeness (QED) is 0.582. The van der Waals surface area contributed by atoms with Gasteiger partial charge in [-0.1, -0.05) is 13.8 Å². The van der Waals surface area contributed by atoms with E-state index in [2.05, 4.69) is 25.3 Å². The zero-order valence-corrected chi connectivity index (χ0v) is 16.0. The van der Waals surface area contributed by atoms with Gasteiger partial charge in [0.05, 0.1) is 17.2 Å². The lowest BCUT2D eigenvalue weighted by Gasteiger charge is -2.23. The molecule has 0 aliphatic carbocycles. The molecule has 0 spiro atoms. The van der Waals surface area contributed by atoms with E-state index in [1.54, 1.807) is 43.6 Å². The fraction of sp³-hybridized carbons (Fsp3) is 0.316. The molecule has 0 fully saturated rings. The van der Waals surface area contributed by atoms with Crippen molar-refractivity contribution in [3.05, 3.63) is 42.6 Å². The molecule has 11 heteroatoms. The van der Waals surface area contributed by atoms with Crippen LogP contribution in [0.15, 0.2) is 36.8 Å². The van der Waals surface area contributed by atoms with Gasteiger partial charge < -0.3 is 10.6 Å². The van der Waals surface area contributed by atoms with Gasteiger partial charge in [0.15, 0.2) is 17.5 Å². The molecule has 2 N–H and O–H groups in total. The minimum absolute atomic E-state index is 0. The molecular weight excluding hydrogens is 404 g/mol. The van der Waals surface area contributed by atoms with Gasteiger partial charge in [-0.2, -0.15) is 13.2 Å². The van der Waals surface area contributed by atoms with Crippen LogP contribution in [0.3, 0.4) is 0 Å². The van der Waals surface area contributed by atoms with Crippen molar-refractivity contribution < 1.29 is 25.2 Å². The van der Waals surface area contributed by atoms with E-state index in [-0.39, 0.29) is 14.5 Å². The first-order valence-corrected chi connectivity index (χ1v) is 8.99. The topological polar surface area (TPSA) is 92.7 Å². The Morgan fingerprint density at radius 1 is 1.13 bits per heavy atom. The van der Waals surface area contributed by atoms with Gasteiger partial charge in [-0.3, -0.25) is 14.8 Å². The fourth-order valence-corrected chi connectivity index (χ4v) is 2.69. The summed E-state index contributed by atoms with van der Waals surface area (Å²) >= 11 is 0. The zero-order chi connectivity index (χ0) is 21.9. The van der Waals surface area contributed by atoms with Gasteiger partial charge in [0.1, 0.15) is 12.6 Å². The lowest BCUT2D eigenvalue weighted by atomic mass is 10.0. The number of aromatic nitrogens is 4. The van der Waals surface area contributed by atoms with E-state index in [4.69, 9.17) is 0 Å². The van der Waals surface area contributed by atoms with Gasteiger partial charge >= 0.3 is 6.18 Å². The number of alkyl halides is 3. The maximum Gasteiger partial charge on any atom is 0.405 e. The number of benzene rings is 1. The Labute approximate surface area is 171 Å². The maximum absolute atomic E-state index is 14.3. The summed E-state index contributed by atoms with van der Waals surface area (Å²) in [4.78, 5) is 28.6. The zero-order valence-electron chi connectivity index (χ0n) is 16.0. The molecule has 1 amide bonds. The van der Waals surface area contributed by atoms with Crippen LogP contribution in [0, 0.1) is 11.7 Å². The summed E-state index contributed by atoms with van der Waals surface area (Å²) in [6.07, 6.45) is -0.550. The van der Waals surface area contributed by atoms with Crippen molar-refractivity contribution in [1.29, 1.82) is 0 Å². The average Bonchev–Trinajstić information content (AvgIpc) is 2.70. The Hall–Kier alpha value is -3.37. The molecule has 2 heterocycles. The summed E-state index contributed by atoms with van der Waals surface area (Å²) in [5.74, 6) is -2.33. The van der Waals surface area contributed by atoms with Gasteiger partial charge in [0.2, 0.25) is 5.91 Å². The average molecular weight is 426 g/mol. The van der Waals surface area contributed by atoms with Gasteiger partial charge in [-0.15, -0.1) is 0 Å². The number of rotatable bonds is 6. The van der Waals surface area contributed by atoms with E-state index in [0.29, 0.717) is 16.6 Å². The maximum atomic E-state index is 14.3. The molecule has 0 unspecified atom stereocenters. The van der Waals surface area contributed by atoms with Crippen LogP contribution >= 0.6 is 0 Å². The normalized spacial score (nSPS) is 12.8. The number of carbonyl (C=O) groups is 1. The van der Waals surface area contributed by atoms with Crippen molar-refractivity contribution in [2.24, 2.45) is 5.92 Å². The molecule has 0 bridgehead atoms. The molecule has 1 atom stereocenters. The van der Waals surface area contributed by atoms with Crippen LogP contribution in [-0.2, 0) is 4.79 Å². The lowest BCUT2D eigenvalue weighted by Crippen LogP contribution is -2.46. The number of halogens is 4. The highest BCUT2D eigenvalue weighted by atomic mass is 19.4. The van der Waals surface area contributed by atoms with Gasteiger partial charge in [0.25, 0.3) is 0 Å². The third-order valence-corrected chi connectivity index (χ3v) is 4.18. The molecule has 0 aliphatic rings. The lowest BCUT2D eigenvalue weighted by molar-refractivity contribution is -0.139. The highest BCUT2D eigenvalue weighted by molar-refractivity contribution is 5.85. The van der Waals surface area contributed by atoms with Crippen LogP contribution < -0.4 is 10.6 Å². The molecule has 1 aromatic carbocycles. The van der Waals surface area contributed by atoms with Gasteiger partial charge in [0, 0.05) is 20.8 Å². The van der Waals surface area contributed by atoms with Gasteiger partial charge in [-0.25, -0.2) is 14.4 Å². The van der Waals surface area contributed by atoms with Crippen LogP contribution in [0.4, 0.5) is 23.4 Å². The van der Waals surface area contributed by atoms with E-state index in [0.717, 1.165) is 6.20 Å². The smallest absolute Gasteiger partial charge is 0.356 e. The Balaban J connectivity index is 0.00000256. The Bertz CT molecular complexity index is 1070. The molecule has 3 rings (SSSR count). The first-order chi connectivity index (χ1) is 14.1. The minimum atomic E-state index is -4.55. The van der Waals surface area contributed by atoms with Crippen molar-refractivity contribution in [2.45, 2.75) is 26.1 Å². The first-order valence-electron chi connectivity index (χ1n) is 8.99. The standard InChI is InChI=1S/C19H18F4N6O.2H2/c1-10(2)15(18(30)27-9-19(21,22)23)28-17-12(20)8-26-16(29-17)11-3-4-13-14(7-11)25-6-5-24-13;;/h3-8,10,15H,9H2,1-2H3,(H,27,30)(H,26,28,29);2*1H/t15-;;/m1../s1. The Kier molecular flexibility index (Phi) is 6.09. The van der Waals surface area contributed by atoms with Crippen LogP contribution in [0.2, 0.25) is 0 Å². The Morgan fingerprint density at radius 2 is 1.83 bits per heavy atom. The minimum Gasteiger partial charge on any atom is -0.356 e. The summed E-state index contributed by atoms with van der Waals surface area (Å²) in [6, 6.07) is 3.94. The van der Waals surface area contributed by atoms with Crippen molar-refractivity contribution in [3.8, 4) is 11.4 Å². The molecule has 0 aliphatic heterocycles. The molecule has 0 radical (unpaired) electrons. The third-order valence-electron chi connectivity index (χ3n) is 4.18. The summed E-state index contributed by atoms with van der Waals surface area (Å²) in [5.41, 5.74) is 1.78. The van der Waals surface area contributed by atoms with Gasteiger partial charge in [-0.05, 0) is 24.1 Å². The van der Waals surface area contributed by atoms with Crippen LogP contribution in [0.25, 0.3) is 22.4 Å². The number of fused-ring (bicyclic) bond motifs is 1. The Morgan fingerprint density at radius 3 is 2.50 bits per heavy atom. The number of carbonyl (C=O) groups excluding carboxylic acids is 1. The SMILES string of the molecule is CC(C)[C@@H](Nc1nc(-c2ccc3nccnc3c2)ncc1F)C(=O)NCC(F)(F)F.[HH].[HH]. The number of nitrogens with zero attached hydrogens (tertiary/aromatic N) is 4. The second-order valence-electron chi connectivity index (χ2n) is 6.85. The molecule has 162 valence electrons. The number of hydrogen-bond acceptors (Lipinski definition) is 6. The van der Waals surface area contributed by atoms with Crippen molar-refractivity contribution in [2.75, 3.05) is 11.9 Å². The van der Waals surface area contributed by atoms with Crippen LogP contribution in [0.5, 0.6) is 0 Å². The highest BCUT2D eigenvalue weighted by Gasteiger charge is 2.31. The molecular formula is C19H22F4N6O. The summed E-state index contributed by atoms with van der Waals surface area (Å²) in [6.45, 7) is 1.76. The number of nitrogens with one attached hydrogen (secondary N) is 2. The summed E-state index contributed by atoms with van der Waals surface area (Å²) in [7, 11) is 0. The van der Waals surface area contributed by atoms with E-state index < -0.39 is 36.4 Å². The van der Waals surface area contributed by atoms with E-state index in [1.807, 2.05) is 0 Å².